The van der Waals surface area contributed by atoms with E-state index in [4.69, 9.17) is 15.4 Å². The first kappa shape index (κ1) is 13.1. The van der Waals surface area contributed by atoms with Gasteiger partial charge in [0, 0.05) is 11.5 Å². The van der Waals surface area contributed by atoms with Crippen molar-refractivity contribution in [2.24, 2.45) is 5.90 Å². The fourth-order valence-electron chi connectivity index (χ4n) is 2.32. The third-order valence-corrected chi connectivity index (χ3v) is 3.46. The van der Waals surface area contributed by atoms with Crippen molar-refractivity contribution >= 4 is 0 Å². The van der Waals surface area contributed by atoms with Gasteiger partial charge in [-0.2, -0.15) is 5.90 Å². The van der Waals surface area contributed by atoms with Gasteiger partial charge in [0.1, 0.15) is 5.75 Å². The van der Waals surface area contributed by atoms with Gasteiger partial charge in [-0.15, -0.1) is 0 Å². The molecule has 4 heteroatoms. The van der Waals surface area contributed by atoms with E-state index in [0.29, 0.717) is 24.9 Å². The summed E-state index contributed by atoms with van der Waals surface area (Å²) in [5.74, 6) is 6.01. The van der Waals surface area contributed by atoms with Crippen molar-refractivity contribution in [1.82, 2.24) is 0 Å². The summed E-state index contributed by atoms with van der Waals surface area (Å²) in [7, 11) is 0. The Morgan fingerprint density at radius 2 is 1.50 bits per heavy atom. The molecular weight excluding hydrogens is 254 g/mol. The van der Waals surface area contributed by atoms with Gasteiger partial charge in [0.05, 0.1) is 13.2 Å². The molecule has 2 N–H and O–H groups in total. The molecule has 20 heavy (non-hydrogen) atoms. The summed E-state index contributed by atoms with van der Waals surface area (Å²) in [6.45, 7) is 1.31. The third-order valence-electron chi connectivity index (χ3n) is 3.46. The monoisotopic (exact) mass is 271 g/mol. The Kier molecular flexibility index (Phi) is 3.97. The SMILES string of the molecule is NOc1ccc(C2OCC(c3ccccc3)CO2)cc1. The predicted molar refractivity (Wildman–Crippen MR) is 75.1 cm³/mol. The van der Waals surface area contributed by atoms with Crippen LogP contribution < -0.4 is 10.7 Å². The lowest BCUT2D eigenvalue weighted by atomic mass is 10.0. The summed E-state index contributed by atoms with van der Waals surface area (Å²) in [5.41, 5.74) is 2.22. The molecule has 2 aromatic carbocycles. The van der Waals surface area contributed by atoms with E-state index in [0.717, 1.165) is 5.56 Å². The second-order valence-corrected chi connectivity index (χ2v) is 4.79. The molecule has 0 unspecified atom stereocenters. The molecule has 1 aliphatic heterocycles. The van der Waals surface area contributed by atoms with Crippen LogP contribution >= 0.6 is 0 Å². The normalized spacial score (nSPS) is 22.4. The maximum Gasteiger partial charge on any atom is 0.183 e. The molecule has 0 saturated carbocycles. The minimum Gasteiger partial charge on any atom is -0.412 e. The van der Waals surface area contributed by atoms with Gasteiger partial charge in [-0.1, -0.05) is 42.5 Å². The first-order chi connectivity index (χ1) is 9.86. The zero-order valence-electron chi connectivity index (χ0n) is 11.1. The molecule has 2 aromatic rings. The van der Waals surface area contributed by atoms with Crippen LogP contribution in [0.5, 0.6) is 5.75 Å². The van der Waals surface area contributed by atoms with E-state index in [1.165, 1.54) is 5.56 Å². The lowest BCUT2D eigenvalue weighted by Crippen LogP contribution is -2.25. The standard InChI is InChI=1S/C16H17NO3/c17-20-15-8-6-13(7-9-15)16-18-10-14(11-19-16)12-4-2-1-3-5-12/h1-9,14,16H,10-11,17H2. The van der Waals surface area contributed by atoms with Crippen molar-refractivity contribution in [2.75, 3.05) is 13.2 Å². The van der Waals surface area contributed by atoms with Crippen molar-refractivity contribution in [3.05, 3.63) is 65.7 Å². The number of nitrogens with two attached hydrogens (primary N) is 1. The highest BCUT2D eigenvalue weighted by atomic mass is 16.7. The molecule has 0 radical (unpaired) electrons. The number of benzene rings is 2. The van der Waals surface area contributed by atoms with Gasteiger partial charge in [0.25, 0.3) is 0 Å². The highest BCUT2D eigenvalue weighted by Crippen LogP contribution is 2.30. The largest absolute Gasteiger partial charge is 0.412 e. The lowest BCUT2D eigenvalue weighted by Gasteiger charge is -2.29. The molecule has 0 aromatic heterocycles. The van der Waals surface area contributed by atoms with Gasteiger partial charge < -0.3 is 14.3 Å². The summed E-state index contributed by atoms with van der Waals surface area (Å²) < 4.78 is 11.6. The molecule has 0 spiro atoms. The van der Waals surface area contributed by atoms with Crippen LogP contribution in [0.15, 0.2) is 54.6 Å². The fraction of sp³-hybridized carbons (Fsp3) is 0.250. The zero-order chi connectivity index (χ0) is 13.8. The van der Waals surface area contributed by atoms with Gasteiger partial charge in [0.15, 0.2) is 6.29 Å². The minimum atomic E-state index is -0.318. The van der Waals surface area contributed by atoms with Crippen molar-refractivity contribution in [3.63, 3.8) is 0 Å². The summed E-state index contributed by atoms with van der Waals surface area (Å²) in [5, 5.41) is 0. The van der Waals surface area contributed by atoms with Crippen molar-refractivity contribution in [1.29, 1.82) is 0 Å². The van der Waals surface area contributed by atoms with Crippen LogP contribution in [0.2, 0.25) is 0 Å². The Morgan fingerprint density at radius 1 is 0.850 bits per heavy atom. The number of hydrogen-bond donors (Lipinski definition) is 1. The van der Waals surface area contributed by atoms with Gasteiger partial charge in [-0.05, 0) is 17.7 Å². The molecule has 0 amide bonds. The van der Waals surface area contributed by atoms with E-state index in [1.807, 2.05) is 30.3 Å². The quantitative estimate of drug-likeness (QED) is 0.872. The van der Waals surface area contributed by atoms with Crippen LogP contribution in [-0.2, 0) is 9.47 Å². The van der Waals surface area contributed by atoms with Crippen molar-refractivity contribution in [2.45, 2.75) is 12.2 Å². The smallest absolute Gasteiger partial charge is 0.183 e. The number of rotatable bonds is 3. The van der Waals surface area contributed by atoms with E-state index in [-0.39, 0.29) is 6.29 Å². The van der Waals surface area contributed by atoms with Crippen LogP contribution in [-0.4, -0.2) is 13.2 Å². The van der Waals surface area contributed by atoms with Gasteiger partial charge in [0.2, 0.25) is 0 Å². The summed E-state index contributed by atoms with van der Waals surface area (Å²) in [6.07, 6.45) is -0.318. The van der Waals surface area contributed by atoms with Crippen LogP contribution in [0.25, 0.3) is 0 Å². The number of ether oxygens (including phenoxy) is 2. The first-order valence-corrected chi connectivity index (χ1v) is 6.61. The molecule has 104 valence electrons. The second-order valence-electron chi connectivity index (χ2n) is 4.79. The van der Waals surface area contributed by atoms with E-state index in [2.05, 4.69) is 17.0 Å². The molecule has 0 atom stereocenters. The molecule has 1 saturated heterocycles. The highest BCUT2D eigenvalue weighted by molar-refractivity contribution is 5.28. The molecule has 0 aliphatic carbocycles. The maximum atomic E-state index is 5.81. The summed E-state index contributed by atoms with van der Waals surface area (Å²) in [4.78, 5) is 4.65. The average molecular weight is 271 g/mol. The van der Waals surface area contributed by atoms with Gasteiger partial charge in [-0.25, -0.2) is 0 Å². The fourth-order valence-corrected chi connectivity index (χ4v) is 2.32. The average Bonchev–Trinajstić information content (AvgIpc) is 2.56. The minimum absolute atomic E-state index is 0.291. The van der Waals surface area contributed by atoms with Crippen LogP contribution in [0.3, 0.4) is 0 Å². The molecular formula is C16H17NO3. The highest BCUT2D eigenvalue weighted by Gasteiger charge is 2.24. The van der Waals surface area contributed by atoms with E-state index in [9.17, 15) is 0 Å². The molecule has 4 nitrogen and oxygen atoms in total. The Hall–Kier alpha value is -1.88. The predicted octanol–water partition coefficient (Wildman–Crippen LogP) is 2.77. The topological polar surface area (TPSA) is 53.7 Å². The zero-order valence-corrected chi connectivity index (χ0v) is 11.1. The third kappa shape index (κ3) is 2.82. The Balaban J connectivity index is 1.63. The summed E-state index contributed by atoms with van der Waals surface area (Å²) >= 11 is 0. The Labute approximate surface area is 118 Å². The molecule has 1 heterocycles. The van der Waals surface area contributed by atoms with Gasteiger partial charge >= 0.3 is 0 Å². The first-order valence-electron chi connectivity index (χ1n) is 6.61. The van der Waals surface area contributed by atoms with E-state index in [1.54, 1.807) is 12.1 Å². The van der Waals surface area contributed by atoms with Gasteiger partial charge in [-0.3, -0.25) is 0 Å². The van der Waals surface area contributed by atoms with Crippen LogP contribution in [0.1, 0.15) is 23.3 Å². The number of hydrogen-bond acceptors (Lipinski definition) is 4. The maximum absolute atomic E-state index is 5.81. The van der Waals surface area contributed by atoms with Crippen molar-refractivity contribution in [3.8, 4) is 5.75 Å². The molecule has 0 bridgehead atoms. The van der Waals surface area contributed by atoms with E-state index >= 15 is 0 Å². The lowest BCUT2D eigenvalue weighted by molar-refractivity contribution is -0.191. The Morgan fingerprint density at radius 3 is 2.10 bits per heavy atom. The second kappa shape index (κ2) is 6.05. The molecule has 3 rings (SSSR count). The van der Waals surface area contributed by atoms with Crippen LogP contribution in [0, 0.1) is 0 Å². The molecule has 1 aliphatic rings. The van der Waals surface area contributed by atoms with Crippen LogP contribution in [0.4, 0.5) is 0 Å². The van der Waals surface area contributed by atoms with E-state index < -0.39 is 0 Å². The summed E-state index contributed by atoms with van der Waals surface area (Å²) in [6, 6.07) is 17.7. The van der Waals surface area contributed by atoms with Crippen molar-refractivity contribution < 1.29 is 14.3 Å². The molecule has 1 fully saturated rings. The Bertz CT molecular complexity index is 533.